The maximum atomic E-state index is 6.01. The second-order valence-corrected chi connectivity index (χ2v) is 5.06. The van der Waals surface area contributed by atoms with E-state index < -0.39 is 0 Å². The molecule has 0 saturated carbocycles. The number of nitrogen functional groups attached to an aromatic ring is 1. The van der Waals surface area contributed by atoms with Crippen LogP contribution in [0.15, 0.2) is 18.3 Å². The molecular formula is C13H19N5. The van der Waals surface area contributed by atoms with Gasteiger partial charge in [-0.05, 0) is 38.6 Å². The van der Waals surface area contributed by atoms with Crippen molar-refractivity contribution in [2.75, 3.05) is 19.3 Å². The Kier molecular flexibility index (Phi) is 2.91. The predicted molar refractivity (Wildman–Crippen MR) is 72.2 cm³/mol. The molecule has 0 radical (unpaired) electrons. The highest BCUT2D eigenvalue weighted by Crippen LogP contribution is 2.21. The zero-order valence-corrected chi connectivity index (χ0v) is 10.7. The van der Waals surface area contributed by atoms with Gasteiger partial charge in [0.1, 0.15) is 5.52 Å². The molecular weight excluding hydrogens is 226 g/mol. The number of nitrogens with two attached hydrogens (primary N) is 1. The third-order valence-electron chi connectivity index (χ3n) is 3.85. The lowest BCUT2D eigenvalue weighted by Crippen LogP contribution is -2.39. The standard InChI is InChI=1S/C13H19N5/c1-17-8-3-2-5-10(17)9-18-12-11(16-13(18)14)6-4-7-15-12/h4,6-7,10H,2-3,5,8-9H2,1H3,(H2,14,16). The number of nitrogens with zero attached hydrogens (tertiary/aromatic N) is 4. The number of fused-ring (bicyclic) bond motifs is 1. The van der Waals surface area contributed by atoms with Crippen LogP contribution in [-0.2, 0) is 6.54 Å². The van der Waals surface area contributed by atoms with Gasteiger partial charge in [0.05, 0.1) is 0 Å². The predicted octanol–water partition coefficient (Wildman–Crippen LogP) is 1.50. The molecule has 2 aromatic rings. The minimum atomic E-state index is 0.542. The Bertz CT molecular complexity index is 547. The summed E-state index contributed by atoms with van der Waals surface area (Å²) in [6.45, 7) is 2.06. The van der Waals surface area contributed by atoms with Crippen LogP contribution in [0, 0.1) is 0 Å². The first-order chi connectivity index (χ1) is 8.75. The van der Waals surface area contributed by atoms with Crippen molar-refractivity contribution in [2.45, 2.75) is 31.8 Å². The number of piperidine rings is 1. The molecule has 0 spiro atoms. The van der Waals surface area contributed by atoms with Crippen LogP contribution in [0.4, 0.5) is 5.95 Å². The van der Waals surface area contributed by atoms with E-state index >= 15 is 0 Å². The molecule has 5 heteroatoms. The smallest absolute Gasteiger partial charge is 0.202 e. The van der Waals surface area contributed by atoms with E-state index in [9.17, 15) is 0 Å². The van der Waals surface area contributed by atoms with Crippen LogP contribution in [0.3, 0.4) is 0 Å². The van der Waals surface area contributed by atoms with Crippen molar-refractivity contribution < 1.29 is 0 Å². The zero-order chi connectivity index (χ0) is 12.5. The topological polar surface area (TPSA) is 60.0 Å². The number of anilines is 1. The number of imidazole rings is 1. The van der Waals surface area contributed by atoms with E-state index in [1.54, 1.807) is 6.20 Å². The minimum Gasteiger partial charge on any atom is -0.369 e. The minimum absolute atomic E-state index is 0.542. The zero-order valence-electron chi connectivity index (χ0n) is 10.7. The van der Waals surface area contributed by atoms with Crippen molar-refractivity contribution in [3.05, 3.63) is 18.3 Å². The molecule has 2 aromatic heterocycles. The van der Waals surface area contributed by atoms with Gasteiger partial charge in [-0.15, -0.1) is 0 Å². The van der Waals surface area contributed by atoms with E-state index in [1.807, 2.05) is 16.7 Å². The first-order valence-corrected chi connectivity index (χ1v) is 6.52. The Labute approximate surface area is 107 Å². The van der Waals surface area contributed by atoms with Gasteiger partial charge in [-0.1, -0.05) is 6.42 Å². The molecule has 1 saturated heterocycles. The molecule has 2 N–H and O–H groups in total. The molecule has 1 unspecified atom stereocenters. The van der Waals surface area contributed by atoms with Gasteiger partial charge in [0.15, 0.2) is 5.65 Å². The number of aromatic nitrogens is 3. The van der Waals surface area contributed by atoms with Crippen molar-refractivity contribution in [1.82, 2.24) is 19.4 Å². The number of rotatable bonds is 2. The summed E-state index contributed by atoms with van der Waals surface area (Å²) < 4.78 is 2.04. The fourth-order valence-corrected chi connectivity index (χ4v) is 2.74. The van der Waals surface area contributed by atoms with E-state index in [2.05, 4.69) is 21.9 Å². The monoisotopic (exact) mass is 245 g/mol. The van der Waals surface area contributed by atoms with Gasteiger partial charge in [-0.2, -0.15) is 0 Å². The van der Waals surface area contributed by atoms with Crippen LogP contribution in [-0.4, -0.2) is 39.1 Å². The van der Waals surface area contributed by atoms with E-state index in [0.29, 0.717) is 12.0 Å². The third kappa shape index (κ3) is 1.95. The molecule has 1 aliphatic heterocycles. The largest absolute Gasteiger partial charge is 0.369 e. The first kappa shape index (κ1) is 11.5. The fourth-order valence-electron chi connectivity index (χ4n) is 2.74. The van der Waals surface area contributed by atoms with Gasteiger partial charge in [0.2, 0.25) is 5.95 Å². The number of likely N-dealkylation sites (N-methyl/N-ethyl adjacent to an activating group) is 1. The Morgan fingerprint density at radius 2 is 2.33 bits per heavy atom. The maximum absolute atomic E-state index is 6.01. The molecule has 0 aliphatic carbocycles. The molecule has 1 fully saturated rings. The van der Waals surface area contributed by atoms with E-state index in [-0.39, 0.29) is 0 Å². The van der Waals surface area contributed by atoms with Gasteiger partial charge in [0.25, 0.3) is 0 Å². The number of hydrogen-bond donors (Lipinski definition) is 1. The lowest BCUT2D eigenvalue weighted by Gasteiger charge is -2.32. The summed E-state index contributed by atoms with van der Waals surface area (Å²) in [7, 11) is 2.19. The second-order valence-electron chi connectivity index (χ2n) is 5.06. The van der Waals surface area contributed by atoms with Crippen LogP contribution in [0.1, 0.15) is 19.3 Å². The van der Waals surface area contributed by atoms with Crippen LogP contribution in [0.5, 0.6) is 0 Å². The van der Waals surface area contributed by atoms with Crippen LogP contribution in [0.25, 0.3) is 11.2 Å². The lowest BCUT2D eigenvalue weighted by molar-refractivity contribution is 0.169. The summed E-state index contributed by atoms with van der Waals surface area (Å²) >= 11 is 0. The molecule has 0 aromatic carbocycles. The molecule has 18 heavy (non-hydrogen) atoms. The Balaban J connectivity index is 1.92. The SMILES string of the molecule is CN1CCCCC1Cn1c(N)nc2cccnc21. The molecule has 1 atom stereocenters. The summed E-state index contributed by atoms with van der Waals surface area (Å²) in [6, 6.07) is 4.39. The highest BCUT2D eigenvalue weighted by atomic mass is 15.2. The molecule has 96 valence electrons. The third-order valence-corrected chi connectivity index (χ3v) is 3.85. The molecule has 5 nitrogen and oxygen atoms in total. The summed E-state index contributed by atoms with van der Waals surface area (Å²) in [5.41, 5.74) is 7.79. The second kappa shape index (κ2) is 4.57. The quantitative estimate of drug-likeness (QED) is 0.871. The molecule has 3 rings (SSSR count). The number of likely N-dealkylation sites (tertiary alicyclic amines) is 1. The maximum Gasteiger partial charge on any atom is 0.202 e. The van der Waals surface area contributed by atoms with E-state index in [0.717, 1.165) is 17.7 Å². The first-order valence-electron chi connectivity index (χ1n) is 6.52. The summed E-state index contributed by atoms with van der Waals surface area (Å²) in [5.74, 6) is 0.572. The molecule has 0 amide bonds. The van der Waals surface area contributed by atoms with Gasteiger partial charge in [0, 0.05) is 18.8 Å². The average Bonchev–Trinajstić information content (AvgIpc) is 2.69. The van der Waals surface area contributed by atoms with Crippen LogP contribution < -0.4 is 5.73 Å². The fraction of sp³-hybridized carbons (Fsp3) is 0.538. The van der Waals surface area contributed by atoms with Gasteiger partial charge < -0.3 is 10.6 Å². The molecule has 1 aliphatic rings. The van der Waals surface area contributed by atoms with Crippen molar-refractivity contribution in [1.29, 1.82) is 0 Å². The van der Waals surface area contributed by atoms with E-state index in [1.165, 1.54) is 25.8 Å². The number of pyridine rings is 1. The summed E-state index contributed by atoms with van der Waals surface area (Å²) in [4.78, 5) is 11.2. The van der Waals surface area contributed by atoms with Crippen molar-refractivity contribution in [3.8, 4) is 0 Å². The summed E-state index contributed by atoms with van der Waals surface area (Å²) in [6.07, 6.45) is 5.62. The molecule has 3 heterocycles. The molecule has 0 bridgehead atoms. The van der Waals surface area contributed by atoms with Crippen molar-refractivity contribution >= 4 is 17.1 Å². The van der Waals surface area contributed by atoms with Crippen molar-refractivity contribution in [3.63, 3.8) is 0 Å². The van der Waals surface area contributed by atoms with Gasteiger partial charge >= 0.3 is 0 Å². The van der Waals surface area contributed by atoms with Gasteiger partial charge in [-0.25, -0.2) is 9.97 Å². The van der Waals surface area contributed by atoms with Crippen molar-refractivity contribution in [2.24, 2.45) is 0 Å². The number of hydrogen-bond acceptors (Lipinski definition) is 4. The van der Waals surface area contributed by atoms with Crippen LogP contribution >= 0.6 is 0 Å². The Morgan fingerprint density at radius 1 is 1.44 bits per heavy atom. The summed E-state index contributed by atoms with van der Waals surface area (Å²) in [5, 5.41) is 0. The van der Waals surface area contributed by atoms with Gasteiger partial charge in [-0.3, -0.25) is 4.57 Å². The average molecular weight is 245 g/mol. The highest BCUT2D eigenvalue weighted by molar-refractivity contribution is 5.73. The Hall–Kier alpha value is -1.62. The normalized spacial score (nSPS) is 21.5. The Morgan fingerprint density at radius 3 is 3.17 bits per heavy atom. The van der Waals surface area contributed by atoms with Crippen LogP contribution in [0.2, 0.25) is 0 Å². The highest BCUT2D eigenvalue weighted by Gasteiger charge is 2.21. The van der Waals surface area contributed by atoms with E-state index in [4.69, 9.17) is 5.73 Å². The lowest BCUT2D eigenvalue weighted by atomic mass is 10.0.